The first kappa shape index (κ1) is 16.9. The van der Waals surface area contributed by atoms with Crippen molar-refractivity contribution in [2.75, 3.05) is 42.3 Å². The van der Waals surface area contributed by atoms with Gasteiger partial charge in [0.2, 0.25) is 5.82 Å². The van der Waals surface area contributed by atoms with Crippen molar-refractivity contribution in [2.45, 2.75) is 6.30 Å². The number of morpholine rings is 1. The van der Waals surface area contributed by atoms with Crippen LogP contribution in [-0.2, 0) is 4.74 Å². The second-order valence-electron chi connectivity index (χ2n) is 5.42. The first-order valence-electron chi connectivity index (χ1n) is 7.78. The highest BCUT2D eigenvalue weighted by Crippen LogP contribution is 2.34. The van der Waals surface area contributed by atoms with Crippen LogP contribution in [0.15, 0.2) is 36.4 Å². The molecule has 25 heavy (non-hydrogen) atoms. The fourth-order valence-electron chi connectivity index (χ4n) is 2.63. The van der Waals surface area contributed by atoms with Gasteiger partial charge in [-0.05, 0) is 18.2 Å². The van der Waals surface area contributed by atoms with Crippen molar-refractivity contribution in [1.82, 2.24) is 4.98 Å². The lowest BCUT2D eigenvalue weighted by atomic mass is 10.2. The van der Waals surface area contributed by atoms with Crippen molar-refractivity contribution in [3.63, 3.8) is 0 Å². The third kappa shape index (κ3) is 3.61. The normalized spacial score (nSPS) is 17.2. The van der Waals surface area contributed by atoms with Gasteiger partial charge in [0, 0.05) is 19.7 Å². The van der Waals surface area contributed by atoms with Gasteiger partial charge in [-0.2, -0.15) is 0 Å². The van der Waals surface area contributed by atoms with Crippen LogP contribution in [0.3, 0.4) is 0 Å². The average Bonchev–Trinajstić information content (AvgIpc) is 2.62. The summed E-state index contributed by atoms with van der Waals surface area (Å²) in [5, 5.41) is 17.1. The molecule has 1 fully saturated rings. The Morgan fingerprint density at radius 1 is 1.36 bits per heavy atom. The topological polar surface area (TPSA) is 92.6 Å². The maximum atomic E-state index is 14.2. The number of para-hydroxylation sites is 2. The van der Waals surface area contributed by atoms with Crippen molar-refractivity contribution in [1.29, 1.82) is 0 Å². The first-order chi connectivity index (χ1) is 12.1. The van der Waals surface area contributed by atoms with E-state index in [0.717, 1.165) is 0 Å². The highest BCUT2D eigenvalue weighted by molar-refractivity contribution is 5.77. The average molecular weight is 347 g/mol. The van der Waals surface area contributed by atoms with Crippen LogP contribution in [0.2, 0.25) is 0 Å². The minimum Gasteiger partial charge on any atom is -0.375 e. The van der Waals surface area contributed by atoms with Gasteiger partial charge in [-0.15, -0.1) is 0 Å². The van der Waals surface area contributed by atoms with Gasteiger partial charge in [0.05, 0.1) is 29.5 Å². The Morgan fingerprint density at radius 3 is 2.88 bits per heavy atom. The number of nitrogens with one attached hydrogen (secondary N) is 2. The molecule has 2 N–H and O–H groups in total. The Bertz CT molecular complexity index is 773. The molecule has 132 valence electrons. The number of hydrogen-bond acceptors (Lipinski definition) is 7. The Kier molecular flexibility index (Phi) is 4.94. The summed E-state index contributed by atoms with van der Waals surface area (Å²) in [5.41, 5.74) is 0.979. The monoisotopic (exact) mass is 347 g/mol. The van der Waals surface area contributed by atoms with Crippen LogP contribution in [0.5, 0.6) is 0 Å². The lowest BCUT2D eigenvalue weighted by Crippen LogP contribution is -2.43. The number of benzene rings is 1. The molecule has 1 saturated heterocycles. The molecule has 3 rings (SSSR count). The summed E-state index contributed by atoms with van der Waals surface area (Å²) in [6, 6.07) is 9.94. The number of alkyl halides is 1. The largest absolute Gasteiger partial charge is 0.375 e. The maximum Gasteiger partial charge on any atom is 0.311 e. The second kappa shape index (κ2) is 7.31. The summed E-state index contributed by atoms with van der Waals surface area (Å²) in [6.45, 7) is 0.802. The summed E-state index contributed by atoms with van der Waals surface area (Å²) >= 11 is 0. The molecule has 0 bridgehead atoms. The van der Waals surface area contributed by atoms with Crippen LogP contribution in [0.1, 0.15) is 0 Å². The quantitative estimate of drug-likeness (QED) is 0.488. The summed E-state index contributed by atoms with van der Waals surface area (Å²) in [6.07, 6.45) is -1.27. The Balaban J connectivity index is 1.97. The predicted octanol–water partition coefficient (Wildman–Crippen LogP) is 2.91. The second-order valence-corrected chi connectivity index (χ2v) is 5.42. The van der Waals surface area contributed by atoms with E-state index in [2.05, 4.69) is 15.6 Å². The van der Waals surface area contributed by atoms with Crippen molar-refractivity contribution < 1.29 is 14.1 Å². The molecule has 8 nitrogen and oxygen atoms in total. The number of halogens is 1. The van der Waals surface area contributed by atoms with Crippen molar-refractivity contribution in [3.8, 4) is 0 Å². The summed E-state index contributed by atoms with van der Waals surface area (Å²) in [5.74, 6) is 0.577. The van der Waals surface area contributed by atoms with E-state index in [9.17, 15) is 14.5 Å². The molecule has 1 aromatic heterocycles. The van der Waals surface area contributed by atoms with Gasteiger partial charge in [-0.1, -0.05) is 12.1 Å². The third-order valence-corrected chi connectivity index (χ3v) is 3.86. The number of hydrogen-bond donors (Lipinski definition) is 2. The molecule has 0 spiro atoms. The van der Waals surface area contributed by atoms with Crippen LogP contribution in [0.4, 0.5) is 33.1 Å². The van der Waals surface area contributed by atoms with Gasteiger partial charge < -0.3 is 20.3 Å². The fourth-order valence-corrected chi connectivity index (χ4v) is 2.63. The van der Waals surface area contributed by atoms with Crippen LogP contribution < -0.4 is 15.5 Å². The fraction of sp³-hybridized carbons (Fsp3) is 0.312. The van der Waals surface area contributed by atoms with E-state index in [1.54, 1.807) is 36.2 Å². The Morgan fingerprint density at radius 2 is 2.16 bits per heavy atom. The summed E-state index contributed by atoms with van der Waals surface area (Å²) in [4.78, 5) is 16.5. The number of nitro groups is 1. The molecule has 0 amide bonds. The molecular weight excluding hydrogens is 329 g/mol. The highest BCUT2D eigenvalue weighted by Gasteiger charge is 2.25. The molecule has 0 radical (unpaired) electrons. The van der Waals surface area contributed by atoms with E-state index < -0.39 is 11.2 Å². The highest BCUT2D eigenvalue weighted by atomic mass is 19.1. The lowest BCUT2D eigenvalue weighted by molar-refractivity contribution is -0.384. The van der Waals surface area contributed by atoms with Crippen LogP contribution in [0, 0.1) is 10.1 Å². The number of rotatable bonds is 5. The first-order valence-corrected chi connectivity index (χ1v) is 7.78. The van der Waals surface area contributed by atoms with Crippen molar-refractivity contribution in [2.24, 2.45) is 0 Å². The smallest absolute Gasteiger partial charge is 0.311 e. The molecule has 1 unspecified atom stereocenters. The molecule has 1 aliphatic heterocycles. The van der Waals surface area contributed by atoms with E-state index in [1.165, 1.54) is 12.1 Å². The number of ether oxygens (including phenoxy) is 1. The zero-order valence-corrected chi connectivity index (χ0v) is 13.6. The summed E-state index contributed by atoms with van der Waals surface area (Å²) < 4.78 is 19.3. The molecule has 0 saturated carbocycles. The third-order valence-electron chi connectivity index (χ3n) is 3.86. The predicted molar refractivity (Wildman–Crippen MR) is 93.2 cm³/mol. The van der Waals surface area contributed by atoms with E-state index in [-0.39, 0.29) is 18.1 Å². The molecule has 1 aliphatic rings. The van der Waals surface area contributed by atoms with E-state index in [0.29, 0.717) is 30.3 Å². The van der Waals surface area contributed by atoms with Crippen molar-refractivity contribution in [3.05, 3.63) is 46.5 Å². The summed E-state index contributed by atoms with van der Waals surface area (Å²) in [7, 11) is 1.67. The lowest BCUT2D eigenvalue weighted by Gasteiger charge is -2.33. The molecule has 2 heterocycles. The number of nitrogens with zero attached hydrogens (tertiary/aromatic N) is 3. The Hall–Kier alpha value is -2.94. The zero-order chi connectivity index (χ0) is 17.8. The standard InChI is InChI=1S/C16H18FN5O3/c1-18-15-7-6-13(22(23)24)16(20-15)19-11-4-2-3-5-12(11)21-8-9-25-10-14(21)17/h2-7,14H,8-10H2,1H3,(H2,18,19,20). The minimum atomic E-state index is -1.27. The molecule has 2 aromatic rings. The van der Waals surface area contributed by atoms with Gasteiger partial charge in [0.15, 0.2) is 6.30 Å². The minimum absolute atomic E-state index is 0.0119. The maximum absolute atomic E-state index is 14.2. The number of anilines is 4. The van der Waals surface area contributed by atoms with E-state index in [1.807, 2.05) is 0 Å². The van der Waals surface area contributed by atoms with Gasteiger partial charge >= 0.3 is 5.69 Å². The molecule has 1 atom stereocenters. The van der Waals surface area contributed by atoms with Crippen LogP contribution in [-0.4, -0.2) is 43.0 Å². The Labute approximate surface area is 143 Å². The number of pyridine rings is 1. The van der Waals surface area contributed by atoms with Gasteiger partial charge in [-0.3, -0.25) is 10.1 Å². The van der Waals surface area contributed by atoms with Gasteiger partial charge in [0.1, 0.15) is 5.82 Å². The van der Waals surface area contributed by atoms with Gasteiger partial charge in [0.25, 0.3) is 0 Å². The number of aromatic nitrogens is 1. The zero-order valence-electron chi connectivity index (χ0n) is 13.6. The molecule has 0 aliphatic carbocycles. The molecule has 1 aromatic carbocycles. The van der Waals surface area contributed by atoms with E-state index >= 15 is 0 Å². The van der Waals surface area contributed by atoms with Crippen LogP contribution in [0.25, 0.3) is 0 Å². The van der Waals surface area contributed by atoms with Gasteiger partial charge in [-0.25, -0.2) is 9.37 Å². The van der Waals surface area contributed by atoms with Crippen LogP contribution >= 0.6 is 0 Å². The SMILES string of the molecule is CNc1ccc([N+](=O)[O-])c(Nc2ccccc2N2CCOCC2F)n1. The van der Waals surface area contributed by atoms with Crippen molar-refractivity contribution >= 4 is 28.7 Å². The molecular formula is C16H18FN5O3. The van der Waals surface area contributed by atoms with E-state index in [4.69, 9.17) is 4.74 Å². The molecule has 9 heteroatoms.